The molecule has 0 saturated carbocycles. The molecule has 180 valence electrons. The lowest BCUT2D eigenvalue weighted by atomic mass is 10.1. The lowest BCUT2D eigenvalue weighted by Gasteiger charge is -2.14. The van der Waals surface area contributed by atoms with Crippen LogP contribution in [0, 0.1) is 0 Å². The fourth-order valence-electron chi connectivity index (χ4n) is 3.01. The van der Waals surface area contributed by atoms with E-state index in [2.05, 4.69) is 65.7 Å². The molecule has 1 fully saturated rings. The number of aliphatic hydroxyl groups excluding tert-OH is 3. The molecular weight excluding hydrogens is 457 g/mol. The zero-order chi connectivity index (χ0) is 24.0. The first-order chi connectivity index (χ1) is 15.7. The summed E-state index contributed by atoms with van der Waals surface area (Å²) < 4.78 is 18.9. The van der Waals surface area contributed by atoms with Crippen molar-refractivity contribution in [2.75, 3.05) is 11.9 Å². The molecule has 1 aliphatic rings. The Hall–Kier alpha value is -2.48. The van der Waals surface area contributed by atoms with Gasteiger partial charge in [0.2, 0.25) is 0 Å². The van der Waals surface area contributed by atoms with Crippen LogP contribution in [0.4, 0.5) is 5.82 Å². The van der Waals surface area contributed by atoms with Gasteiger partial charge < -0.3 is 40.1 Å². The molecule has 2 aromatic heterocycles. The Bertz CT molecular complexity index is 1080. The number of aromatic amines is 1. The summed E-state index contributed by atoms with van der Waals surface area (Å²) >= 11 is 0. The number of nitrogens with one attached hydrogen (secondary N) is 2. The van der Waals surface area contributed by atoms with E-state index in [1.54, 1.807) is 6.33 Å². The number of hydrogen-bond donors (Lipinski definition) is 7. The number of aryl methyl sites for hydroxylation is 1. The van der Waals surface area contributed by atoms with Gasteiger partial charge in [-0.25, -0.2) is 19.5 Å². The van der Waals surface area contributed by atoms with Crippen LogP contribution in [0.5, 0.6) is 0 Å². The Morgan fingerprint density at radius 2 is 1.79 bits per heavy atom. The number of imidazole rings is 1. The van der Waals surface area contributed by atoms with Crippen molar-refractivity contribution < 1.29 is 38.9 Å². The molecule has 0 spiro atoms. The van der Waals surface area contributed by atoms with Gasteiger partial charge in [0.05, 0.1) is 12.9 Å². The number of aromatic nitrogens is 4. The number of H-pyrrole nitrogens is 1. The molecule has 1 aliphatic heterocycles. The maximum absolute atomic E-state index is 10.3. The molecule has 0 amide bonds. The third-order valence-corrected chi connectivity index (χ3v) is 5.34. The van der Waals surface area contributed by atoms with E-state index >= 15 is 0 Å². The van der Waals surface area contributed by atoms with E-state index in [4.69, 9.17) is 25.1 Å². The molecule has 14 heteroatoms. The average molecular weight is 483 g/mol. The highest BCUT2D eigenvalue weighted by Gasteiger charge is 2.42. The van der Waals surface area contributed by atoms with E-state index < -0.39 is 39.0 Å². The van der Waals surface area contributed by atoms with E-state index in [9.17, 15) is 4.57 Å². The van der Waals surface area contributed by atoms with Gasteiger partial charge in [0.1, 0.15) is 30.2 Å². The van der Waals surface area contributed by atoms with E-state index in [1.165, 1.54) is 17.5 Å². The predicted molar refractivity (Wildman–Crippen MR) is 116 cm³/mol. The minimum Gasteiger partial charge on any atom is -0.387 e. The summed E-state index contributed by atoms with van der Waals surface area (Å²) in [4.78, 5) is 32.1. The van der Waals surface area contributed by atoms with Crippen molar-refractivity contribution in [3.63, 3.8) is 0 Å². The zero-order valence-corrected chi connectivity index (χ0v) is 18.5. The fraction of sp³-hybridized carbons (Fsp3) is 0.421. The maximum atomic E-state index is 10.3. The maximum Gasteiger partial charge on any atom is 0.469 e. The van der Waals surface area contributed by atoms with Crippen LogP contribution in [0.1, 0.15) is 18.1 Å². The van der Waals surface area contributed by atoms with Crippen LogP contribution < -0.4 is 5.32 Å². The van der Waals surface area contributed by atoms with Crippen molar-refractivity contribution in [3.8, 4) is 0 Å². The van der Waals surface area contributed by atoms with Crippen LogP contribution in [0.25, 0.3) is 11.2 Å². The van der Waals surface area contributed by atoms with Crippen LogP contribution in [0.2, 0.25) is 0 Å². The Kier molecular flexibility index (Phi) is 8.46. The van der Waals surface area contributed by atoms with E-state index in [-0.39, 0.29) is 0 Å². The van der Waals surface area contributed by atoms with Crippen LogP contribution in [0.15, 0.2) is 36.9 Å². The van der Waals surface area contributed by atoms with Crippen LogP contribution in [-0.2, 0) is 26.8 Å². The summed E-state index contributed by atoms with van der Waals surface area (Å²) in [6.45, 7) is 2.28. The highest BCUT2D eigenvalue weighted by Crippen LogP contribution is 2.37. The predicted octanol–water partition coefficient (Wildman–Crippen LogP) is 0.0621. The van der Waals surface area contributed by atoms with Gasteiger partial charge in [-0.1, -0.05) is 31.2 Å². The summed E-state index contributed by atoms with van der Waals surface area (Å²) in [5.41, 5.74) is 4.09. The molecule has 1 saturated heterocycles. The number of nitrogens with zero attached hydrogens (tertiary/aromatic N) is 3. The molecular formula is C19H26N5O8P. The number of ether oxygens (including phenoxy) is 1. The summed E-state index contributed by atoms with van der Waals surface area (Å²) in [5.74, 6) is 0.780. The van der Waals surface area contributed by atoms with Gasteiger partial charge in [-0.2, -0.15) is 0 Å². The minimum absolute atomic E-state index is 0.612. The Morgan fingerprint density at radius 1 is 1.09 bits per heavy atom. The highest BCUT2D eigenvalue weighted by molar-refractivity contribution is 7.46. The topological polar surface area (TPSA) is 203 Å². The van der Waals surface area contributed by atoms with Crippen LogP contribution in [-0.4, -0.2) is 76.3 Å². The Labute approximate surface area is 188 Å². The number of phosphoric acid groups is 1. The van der Waals surface area contributed by atoms with E-state index in [0.717, 1.165) is 24.3 Å². The van der Waals surface area contributed by atoms with Gasteiger partial charge in [0, 0.05) is 6.54 Å². The van der Waals surface area contributed by atoms with Gasteiger partial charge in [-0.3, -0.25) is 4.52 Å². The summed E-state index contributed by atoms with van der Waals surface area (Å²) in [7, 11) is -4.64. The molecule has 7 N–H and O–H groups in total. The molecule has 4 atom stereocenters. The summed E-state index contributed by atoms with van der Waals surface area (Å²) in [5, 5.41) is 30.3. The largest absolute Gasteiger partial charge is 0.469 e. The molecule has 1 unspecified atom stereocenters. The third kappa shape index (κ3) is 7.00. The van der Waals surface area contributed by atoms with Crippen molar-refractivity contribution in [2.45, 2.75) is 44.5 Å². The van der Waals surface area contributed by atoms with E-state index in [0.29, 0.717) is 5.65 Å². The standard InChI is InChI=1S/C14H15N5.C5H11O8P/c1-2-10-3-5-11(6-4-10)7-15-13-12-14(17-8-16-12)19-9-18-13;6-3-2(1-12-14(9,10)11)13-5(8)4(3)7/h3-6,8-9H,2,7H2,1H3,(H2,15,16,17,18,19);2-8H,1H2,(H2,9,10,11)/t;2-,3-,4-,5?/m.1/s1. The first kappa shape index (κ1) is 25.1. The summed E-state index contributed by atoms with van der Waals surface area (Å²) in [6, 6.07) is 8.58. The van der Waals surface area contributed by atoms with Crippen molar-refractivity contribution >= 4 is 24.8 Å². The van der Waals surface area contributed by atoms with Crippen LogP contribution in [0.3, 0.4) is 0 Å². The number of anilines is 1. The van der Waals surface area contributed by atoms with E-state index in [1.807, 2.05) is 0 Å². The second-order valence-electron chi connectivity index (χ2n) is 7.18. The van der Waals surface area contributed by atoms with Crippen molar-refractivity contribution in [3.05, 3.63) is 48.0 Å². The van der Waals surface area contributed by atoms with Crippen LogP contribution >= 0.6 is 7.82 Å². The molecule has 3 aromatic rings. The molecule has 3 heterocycles. The second kappa shape index (κ2) is 11.1. The van der Waals surface area contributed by atoms with Gasteiger partial charge >= 0.3 is 7.82 Å². The molecule has 33 heavy (non-hydrogen) atoms. The zero-order valence-electron chi connectivity index (χ0n) is 17.6. The van der Waals surface area contributed by atoms with Crippen molar-refractivity contribution in [1.29, 1.82) is 0 Å². The SMILES string of the molecule is CCc1ccc(CNc2ncnc3nc[nH]c23)cc1.O=P(O)(O)OC[C@H]1OC(O)[C@H](O)[C@@H]1O. The van der Waals surface area contributed by atoms with Gasteiger partial charge in [-0.15, -0.1) is 0 Å². The monoisotopic (exact) mass is 483 g/mol. The smallest absolute Gasteiger partial charge is 0.387 e. The highest BCUT2D eigenvalue weighted by atomic mass is 31.2. The number of phosphoric ester groups is 1. The number of fused-ring (bicyclic) bond motifs is 1. The van der Waals surface area contributed by atoms with Crippen molar-refractivity contribution in [1.82, 2.24) is 19.9 Å². The third-order valence-electron chi connectivity index (χ3n) is 4.86. The summed E-state index contributed by atoms with van der Waals surface area (Å²) in [6.07, 6.45) is -1.46. The van der Waals surface area contributed by atoms with Gasteiger partial charge in [0.15, 0.2) is 17.8 Å². The fourth-order valence-corrected chi connectivity index (χ4v) is 3.36. The second-order valence-corrected chi connectivity index (χ2v) is 8.42. The number of benzene rings is 1. The molecule has 0 bridgehead atoms. The average Bonchev–Trinajstić information content (AvgIpc) is 3.37. The number of hydrogen-bond acceptors (Lipinski definition) is 10. The normalized spacial score (nSPS) is 22.7. The number of aliphatic hydroxyl groups is 3. The van der Waals surface area contributed by atoms with Gasteiger partial charge in [0.25, 0.3) is 0 Å². The van der Waals surface area contributed by atoms with Crippen molar-refractivity contribution in [2.24, 2.45) is 0 Å². The molecule has 0 aliphatic carbocycles. The molecule has 13 nitrogen and oxygen atoms in total. The number of rotatable bonds is 7. The van der Waals surface area contributed by atoms with Gasteiger partial charge in [-0.05, 0) is 17.5 Å². The molecule has 4 rings (SSSR count). The first-order valence-corrected chi connectivity index (χ1v) is 11.6. The molecule has 0 radical (unpaired) electrons. The first-order valence-electron chi connectivity index (χ1n) is 10.0. The lowest BCUT2D eigenvalue weighted by Crippen LogP contribution is -2.34. The minimum atomic E-state index is -4.64. The quantitative estimate of drug-likeness (QED) is 0.223. The lowest BCUT2D eigenvalue weighted by molar-refractivity contribution is -0.132. The Balaban J connectivity index is 0.000000196. The Morgan fingerprint density at radius 3 is 2.39 bits per heavy atom. The molecule has 1 aromatic carbocycles.